The number of nitrogens with zero attached hydrogens (tertiary/aromatic N) is 1. The molecule has 0 saturated carbocycles. The molecule has 0 aliphatic rings. The van der Waals surface area contributed by atoms with Crippen molar-refractivity contribution in [3.63, 3.8) is 0 Å². The molecule has 0 fully saturated rings. The van der Waals surface area contributed by atoms with E-state index in [0.717, 1.165) is 21.8 Å². The van der Waals surface area contributed by atoms with E-state index in [1.807, 2.05) is 54.6 Å². The van der Waals surface area contributed by atoms with Gasteiger partial charge in [0.1, 0.15) is 5.82 Å². The lowest BCUT2D eigenvalue weighted by Gasteiger charge is -2.06. The number of hydrogen-bond donors (Lipinski definition) is 1. The minimum atomic E-state index is -0.258. The van der Waals surface area contributed by atoms with Crippen molar-refractivity contribution in [3.05, 3.63) is 88.2 Å². The topological polar surface area (TPSA) is 42.0 Å². The van der Waals surface area contributed by atoms with Crippen LogP contribution in [0.25, 0.3) is 21.5 Å². The Morgan fingerprint density at radius 2 is 1.38 bits per heavy atom. The Balaban J connectivity index is 2.06. The average Bonchev–Trinajstić information content (AvgIpc) is 2.72. The van der Waals surface area contributed by atoms with Crippen molar-refractivity contribution >= 4 is 44.7 Å². The minimum Gasteiger partial charge on any atom is -0.340 e. The van der Waals surface area contributed by atoms with Crippen molar-refractivity contribution in [1.29, 1.82) is 0 Å². The van der Waals surface area contributed by atoms with Gasteiger partial charge in [0, 0.05) is 21.5 Å². The number of nitrogens with one attached hydrogen (secondary N) is 1. The van der Waals surface area contributed by atoms with Crippen LogP contribution < -0.4 is 10.9 Å². The first kappa shape index (κ1) is 14.7. The largest absolute Gasteiger partial charge is 0.340 e. The third-order valence-electron chi connectivity index (χ3n) is 3.93. The molecule has 0 radical (unpaired) electrons. The normalized spacial score (nSPS) is 10.9. The van der Waals surface area contributed by atoms with Crippen molar-refractivity contribution in [1.82, 2.24) is 4.98 Å². The van der Waals surface area contributed by atoms with Gasteiger partial charge in [0.25, 0.3) is 5.56 Å². The highest BCUT2D eigenvalue weighted by Crippen LogP contribution is 2.28. The lowest BCUT2D eigenvalue weighted by molar-refractivity contribution is 1.29. The summed E-state index contributed by atoms with van der Waals surface area (Å²) in [5.41, 5.74) is 0.529. The van der Waals surface area contributed by atoms with Crippen molar-refractivity contribution in [3.8, 4) is 0 Å². The second-order valence-corrected chi connectivity index (χ2v) is 5.93. The Hall–Kier alpha value is -2.91. The maximum absolute atomic E-state index is 12.6. The molecular weight excluding hydrogens is 320 g/mol. The Bertz CT molecular complexity index is 1130. The van der Waals surface area contributed by atoms with Gasteiger partial charge in [-0.2, -0.15) is 4.98 Å². The van der Waals surface area contributed by atoms with E-state index in [9.17, 15) is 4.79 Å². The van der Waals surface area contributed by atoms with Crippen LogP contribution in [-0.4, -0.2) is 4.98 Å². The second-order valence-electron chi connectivity index (χ2n) is 5.49. The highest BCUT2D eigenvalue weighted by atomic mass is 35.5. The molecule has 0 amide bonds. The Kier molecular flexibility index (Phi) is 3.63. The first-order chi connectivity index (χ1) is 11.7. The molecule has 0 atom stereocenters. The first-order valence-corrected chi connectivity index (χ1v) is 7.94. The predicted molar refractivity (Wildman–Crippen MR) is 100 cm³/mol. The molecule has 0 bridgehead atoms. The second kappa shape index (κ2) is 5.95. The van der Waals surface area contributed by atoms with Gasteiger partial charge in [-0.3, -0.25) is 4.79 Å². The molecule has 4 rings (SSSR count). The zero-order valence-corrected chi connectivity index (χ0v) is 13.4. The quantitative estimate of drug-likeness (QED) is 0.552. The molecule has 0 unspecified atom stereocenters. The summed E-state index contributed by atoms with van der Waals surface area (Å²) in [6.45, 7) is 0. The molecule has 1 heterocycles. The van der Waals surface area contributed by atoms with Crippen molar-refractivity contribution < 1.29 is 0 Å². The van der Waals surface area contributed by atoms with Crippen LogP contribution in [0.2, 0.25) is 5.02 Å². The predicted octanol–water partition coefficient (Wildman–Crippen LogP) is 5.15. The molecule has 4 heteroatoms. The molecule has 1 N–H and O–H groups in total. The first-order valence-electron chi connectivity index (χ1n) is 7.57. The van der Waals surface area contributed by atoms with E-state index in [0.29, 0.717) is 16.2 Å². The smallest absolute Gasteiger partial charge is 0.279 e. The van der Waals surface area contributed by atoms with E-state index in [1.165, 1.54) is 0 Å². The monoisotopic (exact) mass is 332 g/mol. The van der Waals surface area contributed by atoms with E-state index in [4.69, 9.17) is 11.6 Å². The van der Waals surface area contributed by atoms with Crippen LogP contribution in [0.5, 0.6) is 0 Å². The Morgan fingerprint density at radius 1 is 0.750 bits per heavy atom. The summed E-state index contributed by atoms with van der Waals surface area (Å²) in [5, 5.41) is 7.21. The third kappa shape index (κ3) is 2.59. The molecule has 0 spiro atoms. The van der Waals surface area contributed by atoms with Crippen LogP contribution in [0.3, 0.4) is 0 Å². The number of rotatable bonds is 2. The van der Waals surface area contributed by atoms with Crippen LogP contribution in [0.4, 0.5) is 11.5 Å². The molecule has 0 saturated heterocycles. The maximum Gasteiger partial charge on any atom is 0.279 e. The van der Waals surface area contributed by atoms with Gasteiger partial charge in [-0.25, -0.2) is 0 Å². The zero-order valence-electron chi connectivity index (χ0n) is 12.7. The summed E-state index contributed by atoms with van der Waals surface area (Å²) in [6.07, 6.45) is 0. The molecule has 3 aromatic carbocycles. The number of halogens is 1. The van der Waals surface area contributed by atoms with Crippen LogP contribution in [0.15, 0.2) is 77.6 Å². The van der Waals surface area contributed by atoms with Gasteiger partial charge in [0.05, 0.1) is 0 Å². The summed E-state index contributed by atoms with van der Waals surface area (Å²) >= 11 is 6.05. The fraction of sp³-hybridized carbons (Fsp3) is 0. The van der Waals surface area contributed by atoms with Gasteiger partial charge >= 0.3 is 0 Å². The molecule has 24 heavy (non-hydrogen) atoms. The van der Waals surface area contributed by atoms with Crippen LogP contribution in [0.1, 0.15) is 0 Å². The third-order valence-corrected chi connectivity index (χ3v) is 4.17. The Labute approximate surface area is 143 Å². The summed E-state index contributed by atoms with van der Waals surface area (Å²) in [6, 6.07) is 22.7. The fourth-order valence-electron chi connectivity index (χ4n) is 2.85. The lowest BCUT2D eigenvalue weighted by atomic mass is 10.1. The maximum atomic E-state index is 12.6. The average molecular weight is 333 g/mol. The lowest BCUT2D eigenvalue weighted by Crippen LogP contribution is -2.04. The van der Waals surface area contributed by atoms with Gasteiger partial charge in [-0.15, -0.1) is 0 Å². The number of hydrogen-bond acceptors (Lipinski definition) is 3. The van der Waals surface area contributed by atoms with E-state index >= 15 is 0 Å². The summed E-state index contributed by atoms with van der Waals surface area (Å²) < 4.78 is 0. The van der Waals surface area contributed by atoms with Gasteiger partial charge in [0.15, 0.2) is 0 Å². The zero-order chi connectivity index (χ0) is 16.5. The summed E-state index contributed by atoms with van der Waals surface area (Å²) in [4.78, 5) is 16.9. The molecule has 0 aliphatic carbocycles. The summed E-state index contributed by atoms with van der Waals surface area (Å²) in [7, 11) is 0. The molecular formula is C20H13ClN2O. The molecule has 0 aliphatic heterocycles. The SMILES string of the molecule is O=c1nc(Nc2cccc(Cl)c2)c2ccccc2c2ccccc12. The highest BCUT2D eigenvalue weighted by molar-refractivity contribution is 6.30. The van der Waals surface area contributed by atoms with Crippen LogP contribution in [-0.2, 0) is 0 Å². The van der Waals surface area contributed by atoms with Crippen molar-refractivity contribution in [2.45, 2.75) is 0 Å². The number of benzene rings is 3. The van der Waals surface area contributed by atoms with Crippen molar-refractivity contribution in [2.24, 2.45) is 0 Å². The van der Waals surface area contributed by atoms with E-state index in [2.05, 4.69) is 10.3 Å². The number of anilines is 2. The molecule has 3 nitrogen and oxygen atoms in total. The van der Waals surface area contributed by atoms with Crippen LogP contribution >= 0.6 is 11.6 Å². The van der Waals surface area contributed by atoms with E-state index < -0.39 is 0 Å². The standard InChI is InChI=1S/C20H13ClN2O/c21-13-6-5-7-14(12-13)22-19-17-10-3-1-8-15(17)16-9-2-4-11-18(16)20(24)23-19/h1-12H,(H,22,23,24). The van der Waals surface area contributed by atoms with E-state index in [1.54, 1.807) is 18.2 Å². The highest BCUT2D eigenvalue weighted by Gasteiger charge is 2.08. The number of fused-ring (bicyclic) bond motifs is 3. The minimum absolute atomic E-state index is 0.258. The van der Waals surface area contributed by atoms with Crippen molar-refractivity contribution in [2.75, 3.05) is 5.32 Å². The van der Waals surface area contributed by atoms with Gasteiger partial charge < -0.3 is 5.32 Å². The molecule has 116 valence electrons. The number of aromatic nitrogens is 1. The van der Waals surface area contributed by atoms with Gasteiger partial charge in [-0.1, -0.05) is 60.1 Å². The Morgan fingerprint density at radius 3 is 2.08 bits per heavy atom. The fourth-order valence-corrected chi connectivity index (χ4v) is 3.04. The van der Waals surface area contributed by atoms with Crippen LogP contribution in [0, 0.1) is 0 Å². The molecule has 4 aromatic rings. The van der Waals surface area contributed by atoms with E-state index in [-0.39, 0.29) is 5.56 Å². The molecule has 1 aromatic heterocycles. The summed E-state index contributed by atoms with van der Waals surface area (Å²) in [5.74, 6) is 0.522. The van der Waals surface area contributed by atoms with Gasteiger partial charge in [0.2, 0.25) is 0 Å². The van der Waals surface area contributed by atoms with Gasteiger partial charge in [-0.05, 0) is 35.0 Å².